The molecule has 1 aliphatic carbocycles. The molecule has 1 aromatic carbocycles. The Balaban J connectivity index is 1.60. The number of thioether (sulfide) groups is 1. The standard InChI is InChI=1S/C18H23N3O2S/c1-13-7-14(2)9-15(8-13)21-6-5-19-17(21)24-10-16(23)20-11-18(12-22)3-4-18/h5-9,22H,3-4,10-12H2,1-2H3,(H,20,23). The molecule has 1 fully saturated rings. The van der Waals surface area contributed by atoms with Gasteiger partial charge in [0.2, 0.25) is 5.91 Å². The molecule has 128 valence electrons. The maximum Gasteiger partial charge on any atom is 0.230 e. The van der Waals surface area contributed by atoms with Crippen LogP contribution in [0.1, 0.15) is 24.0 Å². The molecule has 1 aromatic heterocycles. The lowest BCUT2D eigenvalue weighted by Crippen LogP contribution is -2.33. The minimum Gasteiger partial charge on any atom is -0.396 e. The number of aliphatic hydroxyl groups excluding tert-OH is 1. The SMILES string of the molecule is Cc1cc(C)cc(-n2ccnc2SCC(=O)NCC2(CO)CC2)c1. The van der Waals surface area contributed by atoms with Gasteiger partial charge in [0.05, 0.1) is 12.4 Å². The van der Waals surface area contributed by atoms with Gasteiger partial charge in [-0.15, -0.1) is 0 Å². The summed E-state index contributed by atoms with van der Waals surface area (Å²) in [5.41, 5.74) is 3.40. The lowest BCUT2D eigenvalue weighted by molar-refractivity contribution is -0.118. The Morgan fingerprint density at radius 1 is 1.33 bits per heavy atom. The van der Waals surface area contributed by atoms with Crippen molar-refractivity contribution in [2.75, 3.05) is 18.9 Å². The fourth-order valence-electron chi connectivity index (χ4n) is 2.72. The Morgan fingerprint density at radius 3 is 2.67 bits per heavy atom. The molecular weight excluding hydrogens is 322 g/mol. The van der Waals surface area contributed by atoms with E-state index in [2.05, 4.69) is 42.3 Å². The quantitative estimate of drug-likeness (QED) is 0.757. The van der Waals surface area contributed by atoms with Crippen LogP contribution in [0.3, 0.4) is 0 Å². The van der Waals surface area contributed by atoms with Crippen LogP contribution in [-0.2, 0) is 4.79 Å². The van der Waals surface area contributed by atoms with Gasteiger partial charge in [0.25, 0.3) is 0 Å². The molecule has 5 nitrogen and oxygen atoms in total. The summed E-state index contributed by atoms with van der Waals surface area (Å²) in [5.74, 6) is 0.304. The van der Waals surface area contributed by atoms with E-state index in [1.807, 2.05) is 10.8 Å². The maximum atomic E-state index is 12.0. The van der Waals surface area contributed by atoms with E-state index < -0.39 is 0 Å². The van der Waals surface area contributed by atoms with E-state index in [1.165, 1.54) is 22.9 Å². The van der Waals surface area contributed by atoms with E-state index in [4.69, 9.17) is 0 Å². The topological polar surface area (TPSA) is 67.2 Å². The minimum absolute atomic E-state index is 0.0188. The molecule has 3 rings (SSSR count). The largest absolute Gasteiger partial charge is 0.396 e. The first-order chi connectivity index (χ1) is 11.5. The fraction of sp³-hybridized carbons (Fsp3) is 0.444. The van der Waals surface area contributed by atoms with Crippen molar-refractivity contribution in [3.63, 3.8) is 0 Å². The third kappa shape index (κ3) is 3.99. The van der Waals surface area contributed by atoms with Crippen molar-refractivity contribution in [3.8, 4) is 5.69 Å². The number of nitrogens with zero attached hydrogens (tertiary/aromatic N) is 2. The number of aromatic nitrogens is 2. The molecule has 1 saturated carbocycles. The highest BCUT2D eigenvalue weighted by molar-refractivity contribution is 7.99. The summed E-state index contributed by atoms with van der Waals surface area (Å²) in [6, 6.07) is 6.35. The van der Waals surface area contributed by atoms with Crippen LogP contribution >= 0.6 is 11.8 Å². The molecule has 2 N–H and O–H groups in total. The molecule has 6 heteroatoms. The molecule has 24 heavy (non-hydrogen) atoms. The second-order valence-corrected chi connectivity index (χ2v) is 7.59. The normalized spacial score (nSPS) is 15.3. The van der Waals surface area contributed by atoms with Crippen LogP contribution in [0.4, 0.5) is 0 Å². The Kier molecular flexibility index (Phi) is 4.96. The summed E-state index contributed by atoms with van der Waals surface area (Å²) in [6.07, 6.45) is 5.66. The van der Waals surface area contributed by atoms with Gasteiger partial charge in [-0.25, -0.2) is 4.98 Å². The second-order valence-electron chi connectivity index (χ2n) is 6.65. The first-order valence-electron chi connectivity index (χ1n) is 8.14. The molecular formula is C18H23N3O2S. The van der Waals surface area contributed by atoms with Gasteiger partial charge in [0, 0.05) is 30.0 Å². The van der Waals surface area contributed by atoms with Crippen LogP contribution in [0.25, 0.3) is 5.69 Å². The van der Waals surface area contributed by atoms with Crippen LogP contribution in [0.5, 0.6) is 0 Å². The van der Waals surface area contributed by atoms with Gasteiger partial charge in [0.1, 0.15) is 0 Å². The summed E-state index contributed by atoms with van der Waals surface area (Å²) >= 11 is 1.42. The van der Waals surface area contributed by atoms with Crippen LogP contribution in [0.15, 0.2) is 35.7 Å². The van der Waals surface area contributed by atoms with E-state index in [1.54, 1.807) is 6.20 Å². The number of nitrogens with one attached hydrogen (secondary N) is 1. The Labute approximate surface area is 146 Å². The molecule has 0 bridgehead atoms. The summed E-state index contributed by atoms with van der Waals surface area (Å²) in [7, 11) is 0. The van der Waals surface area contributed by atoms with Crippen molar-refractivity contribution < 1.29 is 9.90 Å². The molecule has 1 aliphatic rings. The van der Waals surface area contributed by atoms with Crippen LogP contribution in [-0.4, -0.2) is 39.5 Å². The Hall–Kier alpha value is -1.79. The molecule has 1 heterocycles. The summed E-state index contributed by atoms with van der Waals surface area (Å²) in [4.78, 5) is 16.4. The number of rotatable bonds is 7. The zero-order chi connectivity index (χ0) is 17.2. The molecule has 0 aliphatic heterocycles. The predicted molar refractivity (Wildman–Crippen MR) is 95.5 cm³/mol. The first kappa shape index (κ1) is 17.0. The molecule has 0 spiro atoms. The highest BCUT2D eigenvalue weighted by Crippen LogP contribution is 2.44. The second kappa shape index (κ2) is 6.99. The van der Waals surface area contributed by atoms with E-state index >= 15 is 0 Å². The minimum atomic E-state index is -0.0577. The molecule has 1 amide bonds. The first-order valence-corrected chi connectivity index (χ1v) is 9.12. The van der Waals surface area contributed by atoms with Crippen LogP contribution < -0.4 is 5.32 Å². The summed E-state index contributed by atoms with van der Waals surface area (Å²) in [5, 5.41) is 13.0. The van der Waals surface area contributed by atoms with Crippen molar-refractivity contribution in [1.82, 2.24) is 14.9 Å². The zero-order valence-corrected chi connectivity index (χ0v) is 14.9. The van der Waals surface area contributed by atoms with Gasteiger partial charge in [0.15, 0.2) is 5.16 Å². The Bertz CT molecular complexity index is 717. The predicted octanol–water partition coefficient (Wildman–Crippen LogP) is 2.47. The number of benzene rings is 1. The molecule has 0 radical (unpaired) electrons. The maximum absolute atomic E-state index is 12.0. The number of hydrogen-bond donors (Lipinski definition) is 2. The smallest absolute Gasteiger partial charge is 0.230 e. The highest BCUT2D eigenvalue weighted by Gasteiger charge is 2.41. The molecule has 2 aromatic rings. The van der Waals surface area contributed by atoms with E-state index in [9.17, 15) is 9.90 Å². The number of carbonyl (C=O) groups is 1. The molecule has 0 atom stereocenters. The van der Waals surface area contributed by atoms with Gasteiger partial charge in [-0.2, -0.15) is 0 Å². The average molecular weight is 345 g/mol. The van der Waals surface area contributed by atoms with Crippen molar-refractivity contribution >= 4 is 17.7 Å². The lowest BCUT2D eigenvalue weighted by atomic mass is 10.1. The Morgan fingerprint density at radius 2 is 2.04 bits per heavy atom. The van der Waals surface area contributed by atoms with Crippen LogP contribution in [0, 0.1) is 19.3 Å². The van der Waals surface area contributed by atoms with E-state index in [0.717, 1.165) is 23.7 Å². The number of carbonyl (C=O) groups excluding carboxylic acids is 1. The highest BCUT2D eigenvalue weighted by atomic mass is 32.2. The third-order valence-electron chi connectivity index (χ3n) is 4.38. The van der Waals surface area contributed by atoms with Crippen molar-refractivity contribution in [2.24, 2.45) is 5.41 Å². The number of aryl methyl sites for hydroxylation is 2. The van der Waals surface area contributed by atoms with Gasteiger partial charge in [-0.3, -0.25) is 9.36 Å². The van der Waals surface area contributed by atoms with Gasteiger partial charge in [-0.05, 0) is 49.9 Å². The molecule has 0 saturated heterocycles. The summed E-state index contributed by atoms with van der Waals surface area (Å²) < 4.78 is 2.01. The van der Waals surface area contributed by atoms with Crippen molar-refractivity contribution in [3.05, 3.63) is 41.7 Å². The number of imidazole rings is 1. The fourth-order valence-corrected chi connectivity index (χ4v) is 3.52. The van der Waals surface area contributed by atoms with Gasteiger partial charge < -0.3 is 10.4 Å². The van der Waals surface area contributed by atoms with E-state index in [0.29, 0.717) is 12.3 Å². The monoisotopic (exact) mass is 345 g/mol. The average Bonchev–Trinajstić information content (AvgIpc) is 3.18. The van der Waals surface area contributed by atoms with E-state index in [-0.39, 0.29) is 17.9 Å². The third-order valence-corrected chi connectivity index (χ3v) is 5.34. The van der Waals surface area contributed by atoms with Gasteiger partial charge >= 0.3 is 0 Å². The van der Waals surface area contributed by atoms with Crippen molar-refractivity contribution in [2.45, 2.75) is 31.8 Å². The molecule has 0 unspecified atom stereocenters. The lowest BCUT2D eigenvalue weighted by Gasteiger charge is -2.13. The number of aliphatic hydroxyl groups is 1. The number of hydrogen-bond acceptors (Lipinski definition) is 4. The van der Waals surface area contributed by atoms with Gasteiger partial charge in [-0.1, -0.05) is 17.8 Å². The van der Waals surface area contributed by atoms with Crippen molar-refractivity contribution in [1.29, 1.82) is 0 Å². The van der Waals surface area contributed by atoms with Crippen LogP contribution in [0.2, 0.25) is 0 Å². The number of amides is 1. The zero-order valence-electron chi connectivity index (χ0n) is 14.1. The summed E-state index contributed by atoms with van der Waals surface area (Å²) in [6.45, 7) is 4.86.